The van der Waals surface area contributed by atoms with E-state index in [1.54, 1.807) is 12.1 Å². The first-order valence-corrected chi connectivity index (χ1v) is 8.91. The minimum Gasteiger partial charge on any atom is -0.481 e. The number of carbonyl (C=O) groups is 3. The van der Waals surface area contributed by atoms with E-state index in [2.05, 4.69) is 10.6 Å². The molecule has 3 rings (SSSR count). The van der Waals surface area contributed by atoms with E-state index >= 15 is 0 Å². The van der Waals surface area contributed by atoms with Crippen molar-refractivity contribution in [3.63, 3.8) is 0 Å². The molecule has 0 radical (unpaired) electrons. The number of carboxylic acids is 1. The maximum atomic E-state index is 12.6. The van der Waals surface area contributed by atoms with Crippen molar-refractivity contribution in [3.05, 3.63) is 23.8 Å². The van der Waals surface area contributed by atoms with Crippen LogP contribution in [0.15, 0.2) is 18.2 Å². The summed E-state index contributed by atoms with van der Waals surface area (Å²) < 4.78 is 0. The third-order valence-corrected chi connectivity index (χ3v) is 5.13. The fraction of sp³-hybridized carbons (Fsp3) is 0.526. The third kappa shape index (κ3) is 4.18. The van der Waals surface area contributed by atoms with E-state index in [1.807, 2.05) is 13.0 Å². The van der Waals surface area contributed by atoms with Gasteiger partial charge in [-0.15, -0.1) is 0 Å². The maximum absolute atomic E-state index is 12.6. The van der Waals surface area contributed by atoms with Gasteiger partial charge in [0.1, 0.15) is 0 Å². The van der Waals surface area contributed by atoms with Gasteiger partial charge in [-0.25, -0.2) is 0 Å². The Morgan fingerprint density at radius 2 is 1.64 bits per heavy atom. The molecule has 0 saturated heterocycles. The number of carbonyl (C=O) groups excluding carboxylic acids is 2. The van der Waals surface area contributed by atoms with Crippen molar-refractivity contribution >= 4 is 29.2 Å². The Hall–Kier alpha value is -2.37. The van der Waals surface area contributed by atoms with Crippen LogP contribution in [-0.2, 0) is 14.4 Å². The highest BCUT2D eigenvalue weighted by Gasteiger charge is 2.35. The van der Waals surface area contributed by atoms with Crippen molar-refractivity contribution < 1.29 is 19.5 Å². The lowest BCUT2D eigenvalue weighted by Gasteiger charge is -2.27. The molecule has 0 bridgehead atoms. The lowest BCUT2D eigenvalue weighted by atomic mass is 9.78. The molecule has 6 heteroatoms. The molecule has 2 amide bonds. The van der Waals surface area contributed by atoms with Crippen LogP contribution in [0.2, 0.25) is 0 Å². The highest BCUT2D eigenvalue weighted by molar-refractivity contribution is 5.98. The van der Waals surface area contributed by atoms with Gasteiger partial charge in [-0.3, -0.25) is 14.4 Å². The number of aryl methyl sites for hydroxylation is 1. The van der Waals surface area contributed by atoms with E-state index in [0.717, 1.165) is 31.2 Å². The molecule has 1 aromatic carbocycles. The predicted octanol–water partition coefficient (Wildman–Crippen LogP) is 3.17. The number of nitrogens with one attached hydrogen (secondary N) is 2. The summed E-state index contributed by atoms with van der Waals surface area (Å²) >= 11 is 0. The molecule has 0 aromatic heterocycles. The Kier molecular flexibility index (Phi) is 5.06. The predicted molar refractivity (Wildman–Crippen MR) is 94.2 cm³/mol. The number of carboxylic acid groups (broad SMARTS) is 1. The molecule has 0 heterocycles. The monoisotopic (exact) mass is 344 g/mol. The molecule has 2 fully saturated rings. The first-order valence-electron chi connectivity index (χ1n) is 8.91. The highest BCUT2D eigenvalue weighted by atomic mass is 16.4. The van der Waals surface area contributed by atoms with E-state index in [4.69, 9.17) is 0 Å². The molecule has 2 aliphatic carbocycles. The second kappa shape index (κ2) is 7.25. The number of hydrogen-bond acceptors (Lipinski definition) is 3. The van der Waals surface area contributed by atoms with Crippen molar-refractivity contribution in [3.8, 4) is 0 Å². The van der Waals surface area contributed by atoms with Gasteiger partial charge in [-0.1, -0.05) is 18.9 Å². The second-order valence-electron chi connectivity index (χ2n) is 7.12. The minimum atomic E-state index is -0.902. The zero-order valence-corrected chi connectivity index (χ0v) is 14.4. The number of amides is 2. The number of anilines is 2. The van der Waals surface area contributed by atoms with Crippen LogP contribution in [0, 0.1) is 24.7 Å². The van der Waals surface area contributed by atoms with Crippen LogP contribution in [0.4, 0.5) is 11.4 Å². The fourth-order valence-electron chi connectivity index (χ4n) is 3.39. The third-order valence-electron chi connectivity index (χ3n) is 5.13. The summed E-state index contributed by atoms with van der Waals surface area (Å²) in [5.41, 5.74) is 2.19. The first-order chi connectivity index (χ1) is 12.0. The van der Waals surface area contributed by atoms with E-state index in [1.165, 1.54) is 0 Å². The molecular formula is C19H24N2O4. The Morgan fingerprint density at radius 3 is 2.28 bits per heavy atom. The van der Waals surface area contributed by atoms with Crippen LogP contribution < -0.4 is 10.6 Å². The van der Waals surface area contributed by atoms with Crippen LogP contribution in [0.25, 0.3) is 0 Å². The average Bonchev–Trinajstić information content (AvgIpc) is 3.43. The van der Waals surface area contributed by atoms with Crippen LogP contribution in [-0.4, -0.2) is 22.9 Å². The molecule has 2 saturated carbocycles. The van der Waals surface area contributed by atoms with Crippen LogP contribution in [0.1, 0.15) is 44.1 Å². The Labute approximate surface area is 147 Å². The molecule has 6 nitrogen and oxygen atoms in total. The summed E-state index contributed by atoms with van der Waals surface area (Å²) in [4.78, 5) is 35.9. The van der Waals surface area contributed by atoms with Crippen molar-refractivity contribution in [1.29, 1.82) is 0 Å². The standard InChI is InChI=1S/C19H24N2O4/c1-11-6-9-13(10-16(11)21-17(22)12-7-8-12)20-18(23)14-4-2-3-5-15(14)19(24)25/h6,9-10,12,14-15H,2-5,7-8H2,1H3,(H,20,23)(H,21,22)(H,24,25). The summed E-state index contributed by atoms with van der Waals surface area (Å²) in [6.07, 6.45) is 4.73. The average molecular weight is 344 g/mol. The van der Waals surface area contributed by atoms with Crippen LogP contribution >= 0.6 is 0 Å². The van der Waals surface area contributed by atoms with E-state index in [9.17, 15) is 19.5 Å². The first kappa shape index (κ1) is 17.5. The van der Waals surface area contributed by atoms with Gasteiger partial charge in [0.25, 0.3) is 0 Å². The quantitative estimate of drug-likeness (QED) is 0.764. The van der Waals surface area contributed by atoms with Crippen molar-refractivity contribution in [2.24, 2.45) is 17.8 Å². The molecule has 25 heavy (non-hydrogen) atoms. The summed E-state index contributed by atoms with van der Waals surface area (Å²) in [6.45, 7) is 1.90. The largest absolute Gasteiger partial charge is 0.481 e. The zero-order valence-electron chi connectivity index (χ0n) is 14.4. The number of aliphatic carboxylic acids is 1. The molecular weight excluding hydrogens is 320 g/mol. The summed E-state index contributed by atoms with van der Waals surface area (Å²) in [5, 5.41) is 15.1. The van der Waals surface area contributed by atoms with Gasteiger partial charge in [-0.05, 0) is 50.3 Å². The Morgan fingerprint density at radius 1 is 0.960 bits per heavy atom. The summed E-state index contributed by atoms with van der Waals surface area (Å²) in [6, 6.07) is 5.36. The smallest absolute Gasteiger partial charge is 0.307 e. The number of benzene rings is 1. The fourth-order valence-corrected chi connectivity index (χ4v) is 3.39. The molecule has 1 aromatic rings. The lowest BCUT2D eigenvalue weighted by molar-refractivity contribution is -0.147. The van der Waals surface area contributed by atoms with Gasteiger partial charge in [0, 0.05) is 17.3 Å². The molecule has 2 atom stereocenters. The number of rotatable bonds is 5. The Balaban J connectivity index is 1.70. The van der Waals surface area contributed by atoms with Gasteiger partial charge in [0.2, 0.25) is 11.8 Å². The van der Waals surface area contributed by atoms with Gasteiger partial charge in [-0.2, -0.15) is 0 Å². The maximum Gasteiger partial charge on any atom is 0.307 e. The van der Waals surface area contributed by atoms with Gasteiger partial charge in [0.15, 0.2) is 0 Å². The van der Waals surface area contributed by atoms with Crippen molar-refractivity contribution in [2.75, 3.05) is 10.6 Å². The molecule has 2 unspecified atom stereocenters. The molecule has 0 aliphatic heterocycles. The second-order valence-corrected chi connectivity index (χ2v) is 7.12. The Bertz CT molecular complexity index is 697. The molecule has 134 valence electrons. The van der Waals surface area contributed by atoms with Gasteiger partial charge < -0.3 is 15.7 Å². The van der Waals surface area contributed by atoms with Gasteiger partial charge >= 0.3 is 5.97 Å². The van der Waals surface area contributed by atoms with Crippen LogP contribution in [0.5, 0.6) is 0 Å². The minimum absolute atomic E-state index is 0.0183. The summed E-state index contributed by atoms with van der Waals surface area (Å²) in [7, 11) is 0. The normalized spacial score (nSPS) is 22.9. The van der Waals surface area contributed by atoms with Gasteiger partial charge in [0.05, 0.1) is 11.8 Å². The van der Waals surface area contributed by atoms with E-state index in [0.29, 0.717) is 24.2 Å². The molecule has 2 aliphatic rings. The van der Waals surface area contributed by atoms with Crippen molar-refractivity contribution in [1.82, 2.24) is 0 Å². The topological polar surface area (TPSA) is 95.5 Å². The highest BCUT2D eigenvalue weighted by Crippen LogP contribution is 2.33. The molecule has 0 spiro atoms. The SMILES string of the molecule is Cc1ccc(NC(=O)C2CCCCC2C(=O)O)cc1NC(=O)C1CC1. The lowest BCUT2D eigenvalue weighted by Crippen LogP contribution is -2.36. The van der Waals surface area contributed by atoms with Crippen molar-refractivity contribution in [2.45, 2.75) is 45.4 Å². The molecule has 3 N–H and O–H groups in total. The van der Waals surface area contributed by atoms with E-state index < -0.39 is 17.8 Å². The number of hydrogen-bond donors (Lipinski definition) is 3. The van der Waals surface area contributed by atoms with E-state index in [-0.39, 0.29) is 17.7 Å². The summed E-state index contributed by atoms with van der Waals surface area (Å²) in [5.74, 6) is -2.15. The van der Waals surface area contributed by atoms with Crippen LogP contribution in [0.3, 0.4) is 0 Å². The zero-order chi connectivity index (χ0) is 18.0.